The van der Waals surface area contributed by atoms with Gasteiger partial charge in [0.15, 0.2) is 0 Å². The van der Waals surface area contributed by atoms with Crippen LogP contribution in [0.2, 0.25) is 0 Å². The van der Waals surface area contributed by atoms with Crippen LogP contribution in [0.3, 0.4) is 0 Å². The fourth-order valence-corrected chi connectivity index (χ4v) is 2.30. The molecule has 1 aliphatic heterocycles. The molecule has 0 aliphatic carbocycles. The van der Waals surface area contributed by atoms with Crippen LogP contribution >= 0.6 is 0 Å². The molecule has 0 aromatic rings. The summed E-state index contributed by atoms with van der Waals surface area (Å²) in [6.07, 6.45) is 1.15. The predicted molar refractivity (Wildman–Crippen MR) is 68.0 cm³/mol. The number of carbonyl (C=O) groups is 1. The van der Waals surface area contributed by atoms with E-state index in [0.717, 1.165) is 32.6 Å². The maximum Gasteiger partial charge on any atom is 0.324 e. The highest BCUT2D eigenvalue weighted by molar-refractivity contribution is 5.75. The molecule has 17 heavy (non-hydrogen) atoms. The highest BCUT2D eigenvalue weighted by atomic mass is 16.5. The minimum atomic E-state index is -0.221. The van der Waals surface area contributed by atoms with Gasteiger partial charge in [-0.3, -0.25) is 9.69 Å². The van der Waals surface area contributed by atoms with Gasteiger partial charge in [0, 0.05) is 32.2 Å². The molecule has 0 saturated carbocycles. The van der Waals surface area contributed by atoms with Crippen molar-refractivity contribution >= 4 is 5.97 Å². The fourth-order valence-electron chi connectivity index (χ4n) is 2.30. The SMILES string of the molecule is CCC1CN(CC(NC)C(=O)OC)CCN1C. The van der Waals surface area contributed by atoms with Crippen molar-refractivity contribution in [3.05, 3.63) is 0 Å². The maximum absolute atomic E-state index is 11.5. The number of carbonyl (C=O) groups excluding carboxylic acids is 1. The van der Waals surface area contributed by atoms with Crippen molar-refractivity contribution in [1.29, 1.82) is 0 Å². The normalized spacial score (nSPS) is 24.6. The molecule has 1 aliphatic rings. The first-order valence-corrected chi connectivity index (χ1v) is 6.30. The fraction of sp³-hybridized carbons (Fsp3) is 0.917. The topological polar surface area (TPSA) is 44.8 Å². The lowest BCUT2D eigenvalue weighted by Crippen LogP contribution is -2.55. The Morgan fingerprint density at radius 1 is 1.53 bits per heavy atom. The van der Waals surface area contributed by atoms with Crippen molar-refractivity contribution < 1.29 is 9.53 Å². The third-order valence-corrected chi connectivity index (χ3v) is 3.61. The lowest BCUT2D eigenvalue weighted by molar-refractivity contribution is -0.143. The molecule has 0 amide bonds. The third kappa shape index (κ3) is 3.94. The summed E-state index contributed by atoms with van der Waals surface area (Å²) in [6.45, 7) is 6.05. The molecule has 5 heteroatoms. The highest BCUT2D eigenvalue weighted by Gasteiger charge is 2.26. The van der Waals surface area contributed by atoms with Gasteiger partial charge in [-0.1, -0.05) is 6.92 Å². The molecular formula is C12H25N3O2. The van der Waals surface area contributed by atoms with Gasteiger partial charge in [-0.25, -0.2) is 0 Å². The van der Waals surface area contributed by atoms with Crippen LogP contribution in [0.1, 0.15) is 13.3 Å². The van der Waals surface area contributed by atoms with Gasteiger partial charge in [0.1, 0.15) is 6.04 Å². The molecular weight excluding hydrogens is 218 g/mol. The molecule has 0 radical (unpaired) electrons. The molecule has 0 aromatic carbocycles. The smallest absolute Gasteiger partial charge is 0.324 e. The van der Waals surface area contributed by atoms with Crippen molar-refractivity contribution in [2.45, 2.75) is 25.4 Å². The van der Waals surface area contributed by atoms with E-state index >= 15 is 0 Å². The molecule has 0 bridgehead atoms. The van der Waals surface area contributed by atoms with Crippen molar-refractivity contribution in [3.8, 4) is 0 Å². The van der Waals surface area contributed by atoms with Gasteiger partial charge in [-0.2, -0.15) is 0 Å². The van der Waals surface area contributed by atoms with Crippen molar-refractivity contribution in [1.82, 2.24) is 15.1 Å². The van der Waals surface area contributed by atoms with Crippen LogP contribution in [0.4, 0.5) is 0 Å². The third-order valence-electron chi connectivity index (χ3n) is 3.61. The zero-order valence-electron chi connectivity index (χ0n) is 11.4. The number of rotatable bonds is 5. The summed E-state index contributed by atoms with van der Waals surface area (Å²) < 4.78 is 4.78. The molecule has 1 N–H and O–H groups in total. The molecule has 1 fully saturated rings. The molecule has 2 atom stereocenters. The summed E-state index contributed by atoms with van der Waals surface area (Å²) in [5, 5.41) is 3.01. The number of piperazine rings is 1. The van der Waals surface area contributed by atoms with E-state index < -0.39 is 0 Å². The zero-order chi connectivity index (χ0) is 12.8. The second-order valence-electron chi connectivity index (χ2n) is 4.67. The Morgan fingerprint density at radius 3 is 2.76 bits per heavy atom. The van der Waals surface area contributed by atoms with Crippen LogP contribution in [0.5, 0.6) is 0 Å². The number of hydrogen-bond donors (Lipinski definition) is 1. The summed E-state index contributed by atoms with van der Waals surface area (Å²) in [6, 6.07) is 0.375. The van der Waals surface area contributed by atoms with Gasteiger partial charge in [-0.05, 0) is 20.5 Å². The Kier molecular flexibility index (Phi) is 5.88. The first-order chi connectivity index (χ1) is 8.12. The van der Waals surface area contributed by atoms with E-state index in [9.17, 15) is 4.79 Å². The minimum Gasteiger partial charge on any atom is -0.468 e. The quantitative estimate of drug-likeness (QED) is 0.676. The van der Waals surface area contributed by atoms with Gasteiger partial charge >= 0.3 is 5.97 Å². The van der Waals surface area contributed by atoms with Gasteiger partial charge in [0.05, 0.1) is 7.11 Å². The molecule has 0 aromatic heterocycles. The van der Waals surface area contributed by atoms with Crippen LogP contribution in [0.25, 0.3) is 0 Å². The summed E-state index contributed by atoms with van der Waals surface area (Å²) in [5.41, 5.74) is 0. The summed E-state index contributed by atoms with van der Waals surface area (Å²) in [5.74, 6) is -0.181. The van der Waals surface area contributed by atoms with E-state index in [4.69, 9.17) is 4.74 Å². The summed E-state index contributed by atoms with van der Waals surface area (Å²) in [7, 11) is 5.40. The monoisotopic (exact) mass is 243 g/mol. The molecule has 100 valence electrons. The highest BCUT2D eigenvalue weighted by Crippen LogP contribution is 2.11. The Morgan fingerprint density at radius 2 is 2.24 bits per heavy atom. The zero-order valence-corrected chi connectivity index (χ0v) is 11.4. The summed E-state index contributed by atoms with van der Waals surface area (Å²) in [4.78, 5) is 16.2. The van der Waals surface area contributed by atoms with E-state index in [1.54, 1.807) is 7.05 Å². The number of hydrogen-bond acceptors (Lipinski definition) is 5. The summed E-state index contributed by atoms with van der Waals surface area (Å²) >= 11 is 0. The number of ether oxygens (including phenoxy) is 1. The number of likely N-dealkylation sites (N-methyl/N-ethyl adjacent to an activating group) is 2. The lowest BCUT2D eigenvalue weighted by Gasteiger charge is -2.40. The van der Waals surface area contributed by atoms with Crippen LogP contribution in [-0.2, 0) is 9.53 Å². The average Bonchev–Trinajstić information content (AvgIpc) is 2.36. The molecule has 0 spiro atoms. The van der Waals surface area contributed by atoms with Crippen molar-refractivity contribution in [3.63, 3.8) is 0 Å². The van der Waals surface area contributed by atoms with E-state index in [1.165, 1.54) is 7.11 Å². The minimum absolute atomic E-state index is 0.181. The van der Waals surface area contributed by atoms with Gasteiger partial charge in [0.2, 0.25) is 0 Å². The average molecular weight is 243 g/mol. The molecule has 1 saturated heterocycles. The van der Waals surface area contributed by atoms with E-state index in [1.807, 2.05) is 0 Å². The van der Waals surface area contributed by atoms with Crippen LogP contribution in [-0.4, -0.2) is 75.2 Å². The Bertz CT molecular complexity index is 248. The van der Waals surface area contributed by atoms with Gasteiger partial charge in [-0.15, -0.1) is 0 Å². The predicted octanol–water partition coefficient (Wildman–Crippen LogP) is -0.227. The van der Waals surface area contributed by atoms with Crippen LogP contribution < -0.4 is 5.32 Å². The molecule has 1 rings (SSSR count). The first kappa shape index (κ1) is 14.4. The Labute approximate surface area is 104 Å². The largest absolute Gasteiger partial charge is 0.468 e. The lowest BCUT2D eigenvalue weighted by atomic mass is 10.1. The molecule has 5 nitrogen and oxygen atoms in total. The molecule has 2 unspecified atom stereocenters. The number of methoxy groups -OCH3 is 1. The second kappa shape index (κ2) is 6.93. The van der Waals surface area contributed by atoms with Crippen LogP contribution in [0, 0.1) is 0 Å². The Balaban J connectivity index is 2.48. The maximum atomic E-state index is 11.5. The second-order valence-corrected chi connectivity index (χ2v) is 4.67. The van der Waals surface area contributed by atoms with Gasteiger partial charge in [0.25, 0.3) is 0 Å². The number of nitrogens with zero attached hydrogens (tertiary/aromatic N) is 2. The molecule has 1 heterocycles. The van der Waals surface area contributed by atoms with Crippen molar-refractivity contribution in [2.24, 2.45) is 0 Å². The van der Waals surface area contributed by atoms with E-state index in [0.29, 0.717) is 6.04 Å². The van der Waals surface area contributed by atoms with E-state index in [-0.39, 0.29) is 12.0 Å². The number of nitrogens with one attached hydrogen (secondary N) is 1. The van der Waals surface area contributed by atoms with Gasteiger partial charge < -0.3 is 15.0 Å². The van der Waals surface area contributed by atoms with Crippen molar-refractivity contribution in [2.75, 3.05) is 47.4 Å². The van der Waals surface area contributed by atoms with E-state index in [2.05, 4.69) is 29.1 Å². The Hall–Kier alpha value is -0.650. The standard InChI is InChI=1S/C12H25N3O2/c1-5-10-8-15(7-6-14(10)3)9-11(13-2)12(16)17-4/h10-11,13H,5-9H2,1-4H3. The van der Waals surface area contributed by atoms with Crippen LogP contribution in [0.15, 0.2) is 0 Å². The number of esters is 1. The first-order valence-electron chi connectivity index (χ1n) is 6.30.